The molecule has 5 heteroatoms. The van der Waals surface area contributed by atoms with Gasteiger partial charge in [0.05, 0.1) is 24.0 Å². The number of aliphatic hydroxyl groups excluding tert-OH is 2. The van der Waals surface area contributed by atoms with Crippen molar-refractivity contribution in [3.63, 3.8) is 0 Å². The Labute approximate surface area is 190 Å². The average molecular weight is 440 g/mol. The number of rotatable bonds is 3. The van der Waals surface area contributed by atoms with Crippen LogP contribution in [-0.4, -0.2) is 38.6 Å². The molecule has 2 N–H and O–H groups in total. The van der Waals surface area contributed by atoms with E-state index in [1.165, 1.54) is 0 Å². The van der Waals surface area contributed by atoms with Crippen molar-refractivity contribution in [1.29, 1.82) is 0 Å². The van der Waals surface area contributed by atoms with Gasteiger partial charge in [0.25, 0.3) is 0 Å². The number of nitrogens with zero attached hydrogens (tertiary/aromatic N) is 1. The third-order valence-electron chi connectivity index (χ3n) is 7.96. The highest BCUT2D eigenvalue weighted by atomic mass is 16.3. The molecule has 1 aromatic heterocycles. The molecular weight excluding hydrogens is 402 g/mol. The molecule has 0 aliphatic heterocycles. The first-order valence-corrected chi connectivity index (χ1v) is 11.8. The molecule has 32 heavy (non-hydrogen) atoms. The molecule has 174 valence electrons. The highest BCUT2D eigenvalue weighted by Crippen LogP contribution is 2.51. The second kappa shape index (κ2) is 7.81. The normalized spacial score (nSPS) is 30.3. The Morgan fingerprint density at radius 3 is 1.84 bits per heavy atom. The standard InChI is InChI=1S/C27H37NO4/c1-15-22(16-9-7-8-10-17(16)28(15)6)25(23-18(29)11-26(2,3)12-19(23)30)24-20(31)13-27(4,5)14-21(24)32/h7-10,18,20,23-25,29,31H,11-14H2,1-6H3/t18-,20-,23-,24-/m0/s1. The Balaban J connectivity index is 1.93. The Morgan fingerprint density at radius 1 is 0.906 bits per heavy atom. The quantitative estimate of drug-likeness (QED) is 0.747. The third-order valence-corrected chi connectivity index (χ3v) is 7.96. The number of ketones is 2. The number of benzene rings is 1. The first-order valence-electron chi connectivity index (χ1n) is 11.8. The molecule has 5 nitrogen and oxygen atoms in total. The Kier molecular flexibility index (Phi) is 5.66. The Bertz CT molecular complexity index is 1020. The molecule has 0 unspecified atom stereocenters. The maximum atomic E-state index is 13.5. The summed E-state index contributed by atoms with van der Waals surface area (Å²) >= 11 is 0. The number of hydrogen-bond donors (Lipinski definition) is 2. The van der Waals surface area contributed by atoms with Crippen LogP contribution in [0.3, 0.4) is 0 Å². The summed E-state index contributed by atoms with van der Waals surface area (Å²) in [5.41, 5.74) is 2.38. The third kappa shape index (κ3) is 3.84. The Morgan fingerprint density at radius 2 is 1.38 bits per heavy atom. The number of aromatic nitrogens is 1. The van der Waals surface area contributed by atoms with Crippen molar-refractivity contribution in [1.82, 2.24) is 4.57 Å². The fraction of sp³-hybridized carbons (Fsp3) is 0.630. The van der Waals surface area contributed by atoms with Crippen molar-refractivity contribution in [2.24, 2.45) is 29.7 Å². The van der Waals surface area contributed by atoms with Gasteiger partial charge in [-0.05, 0) is 42.2 Å². The fourth-order valence-electron chi connectivity index (χ4n) is 6.57. The molecule has 0 spiro atoms. The van der Waals surface area contributed by atoms with Crippen LogP contribution >= 0.6 is 0 Å². The number of para-hydroxylation sites is 1. The maximum absolute atomic E-state index is 13.5. The molecule has 2 saturated carbocycles. The van der Waals surface area contributed by atoms with Gasteiger partial charge in [0, 0.05) is 42.4 Å². The number of aryl methyl sites for hydroxylation is 1. The number of aliphatic hydroxyl groups is 2. The smallest absolute Gasteiger partial charge is 0.139 e. The molecule has 4 atom stereocenters. The zero-order chi connectivity index (χ0) is 23.6. The van der Waals surface area contributed by atoms with E-state index in [0.717, 1.165) is 22.2 Å². The molecule has 2 aliphatic carbocycles. The van der Waals surface area contributed by atoms with Gasteiger partial charge in [-0.1, -0.05) is 45.9 Å². The van der Waals surface area contributed by atoms with E-state index in [-0.39, 0.29) is 22.4 Å². The van der Waals surface area contributed by atoms with E-state index < -0.39 is 30.0 Å². The molecule has 0 radical (unpaired) electrons. The van der Waals surface area contributed by atoms with E-state index >= 15 is 0 Å². The Hall–Kier alpha value is -1.98. The van der Waals surface area contributed by atoms with E-state index in [4.69, 9.17) is 0 Å². The summed E-state index contributed by atoms with van der Waals surface area (Å²) in [6, 6.07) is 8.00. The summed E-state index contributed by atoms with van der Waals surface area (Å²) in [6.45, 7) is 10.0. The van der Waals surface area contributed by atoms with Crippen LogP contribution in [-0.2, 0) is 16.6 Å². The van der Waals surface area contributed by atoms with Crippen LogP contribution in [0.15, 0.2) is 24.3 Å². The minimum atomic E-state index is -0.843. The first-order chi connectivity index (χ1) is 14.8. The van der Waals surface area contributed by atoms with Gasteiger partial charge < -0.3 is 14.8 Å². The molecule has 1 heterocycles. The summed E-state index contributed by atoms with van der Waals surface area (Å²) in [4.78, 5) is 27.0. The van der Waals surface area contributed by atoms with Crippen LogP contribution in [0.5, 0.6) is 0 Å². The number of Topliss-reactive ketones (excluding diaryl/α,β-unsaturated/α-hetero) is 2. The van der Waals surface area contributed by atoms with E-state index in [2.05, 4.69) is 4.57 Å². The largest absolute Gasteiger partial charge is 0.392 e. The number of carbonyl (C=O) groups excluding carboxylic acids is 2. The molecule has 0 bridgehead atoms. The average Bonchev–Trinajstić information content (AvgIpc) is 2.88. The summed E-state index contributed by atoms with van der Waals surface area (Å²) in [6.07, 6.45) is 0.0714. The number of hydrogen-bond acceptors (Lipinski definition) is 4. The molecule has 1 aromatic carbocycles. The topological polar surface area (TPSA) is 79.5 Å². The van der Waals surface area contributed by atoms with Crippen molar-refractivity contribution in [3.05, 3.63) is 35.5 Å². The van der Waals surface area contributed by atoms with Gasteiger partial charge in [0.1, 0.15) is 11.6 Å². The summed E-state index contributed by atoms with van der Waals surface area (Å²) in [5.74, 6) is -1.94. The monoisotopic (exact) mass is 439 g/mol. The van der Waals surface area contributed by atoms with E-state index in [9.17, 15) is 19.8 Å². The van der Waals surface area contributed by atoms with Crippen LogP contribution in [0.4, 0.5) is 0 Å². The van der Waals surface area contributed by atoms with Gasteiger partial charge in [-0.3, -0.25) is 9.59 Å². The molecule has 0 saturated heterocycles. The molecular formula is C27H37NO4. The summed E-state index contributed by atoms with van der Waals surface area (Å²) < 4.78 is 2.09. The highest BCUT2D eigenvalue weighted by Gasteiger charge is 2.52. The minimum absolute atomic E-state index is 0.00378. The second-order valence-electron chi connectivity index (χ2n) is 11.8. The second-order valence-corrected chi connectivity index (χ2v) is 11.8. The molecule has 2 fully saturated rings. The predicted octanol–water partition coefficient (Wildman–Crippen LogP) is 4.30. The van der Waals surface area contributed by atoms with Crippen LogP contribution in [0.1, 0.15) is 70.6 Å². The lowest BCUT2D eigenvalue weighted by atomic mass is 9.58. The van der Waals surface area contributed by atoms with Crippen LogP contribution in [0, 0.1) is 29.6 Å². The van der Waals surface area contributed by atoms with Gasteiger partial charge in [0.15, 0.2) is 0 Å². The summed E-state index contributed by atoms with van der Waals surface area (Å²) in [7, 11) is 1.99. The van der Waals surface area contributed by atoms with E-state index in [0.29, 0.717) is 25.7 Å². The fourth-order valence-corrected chi connectivity index (χ4v) is 6.57. The van der Waals surface area contributed by atoms with E-state index in [1.54, 1.807) is 0 Å². The van der Waals surface area contributed by atoms with Gasteiger partial charge in [0.2, 0.25) is 0 Å². The van der Waals surface area contributed by atoms with Crippen LogP contribution < -0.4 is 0 Å². The molecule has 4 rings (SSSR count). The lowest BCUT2D eigenvalue weighted by Gasteiger charge is -2.46. The predicted molar refractivity (Wildman–Crippen MR) is 125 cm³/mol. The van der Waals surface area contributed by atoms with Crippen molar-refractivity contribution in [3.8, 4) is 0 Å². The lowest BCUT2D eigenvalue weighted by molar-refractivity contribution is -0.144. The van der Waals surface area contributed by atoms with Crippen LogP contribution in [0.2, 0.25) is 0 Å². The van der Waals surface area contributed by atoms with Gasteiger partial charge in [-0.2, -0.15) is 0 Å². The zero-order valence-corrected chi connectivity index (χ0v) is 20.2. The first kappa shape index (κ1) is 23.2. The SMILES string of the molecule is Cc1c(C([C@@H]2C(=O)CC(C)(C)C[C@@H]2O)[C@@H]2C(=O)CC(C)(C)C[C@@H]2O)c2ccccc2n1C. The van der Waals surface area contributed by atoms with Crippen LogP contribution in [0.25, 0.3) is 10.9 Å². The highest BCUT2D eigenvalue weighted by molar-refractivity contribution is 5.92. The van der Waals surface area contributed by atoms with Crippen molar-refractivity contribution in [2.75, 3.05) is 0 Å². The number of fused-ring (bicyclic) bond motifs is 1. The molecule has 0 amide bonds. The molecule has 2 aliphatic rings. The van der Waals surface area contributed by atoms with Gasteiger partial charge in [-0.15, -0.1) is 0 Å². The minimum Gasteiger partial charge on any atom is -0.392 e. The van der Waals surface area contributed by atoms with Crippen molar-refractivity contribution < 1.29 is 19.8 Å². The van der Waals surface area contributed by atoms with E-state index in [1.807, 2.05) is 65.9 Å². The zero-order valence-electron chi connectivity index (χ0n) is 20.2. The van der Waals surface area contributed by atoms with Gasteiger partial charge >= 0.3 is 0 Å². The van der Waals surface area contributed by atoms with Gasteiger partial charge in [-0.25, -0.2) is 0 Å². The summed E-state index contributed by atoms with van der Waals surface area (Å²) in [5, 5.41) is 23.5. The molecule has 2 aromatic rings. The van der Waals surface area contributed by atoms with Crippen molar-refractivity contribution in [2.45, 2.75) is 78.4 Å². The number of carbonyl (C=O) groups is 2. The lowest BCUT2D eigenvalue weighted by Crippen LogP contribution is -2.51. The maximum Gasteiger partial charge on any atom is 0.139 e. The van der Waals surface area contributed by atoms with Crippen molar-refractivity contribution >= 4 is 22.5 Å².